The zero-order chi connectivity index (χ0) is 21.7. The summed E-state index contributed by atoms with van der Waals surface area (Å²) in [7, 11) is 0. The molecule has 0 saturated carbocycles. The molecule has 2 amide bonds. The van der Waals surface area contributed by atoms with Gasteiger partial charge in [-0.2, -0.15) is 0 Å². The zero-order valence-corrected chi connectivity index (χ0v) is 16.7. The third kappa shape index (κ3) is 5.02. The second-order valence-electron chi connectivity index (χ2n) is 6.81. The highest BCUT2D eigenvalue weighted by Gasteiger charge is 2.26. The molecule has 156 valence electrons. The fraction of sp³-hybridized carbons (Fsp3) is 0.273. The molecular weight excluding hydrogens is 388 g/mol. The van der Waals surface area contributed by atoms with E-state index in [4.69, 9.17) is 9.47 Å². The number of Topliss-reactive ketones (excluding diaryl/α,β-unsaturated/α-hetero) is 1. The van der Waals surface area contributed by atoms with Crippen LogP contribution in [0.5, 0.6) is 5.75 Å². The third-order valence-corrected chi connectivity index (χ3v) is 4.52. The number of nitrogens with zero attached hydrogens (tertiary/aromatic N) is 1. The van der Waals surface area contributed by atoms with Crippen molar-refractivity contribution in [2.24, 2.45) is 0 Å². The van der Waals surface area contributed by atoms with Crippen molar-refractivity contribution in [3.8, 4) is 5.75 Å². The number of anilines is 2. The first-order chi connectivity index (χ1) is 14.3. The molecule has 2 aromatic carbocycles. The summed E-state index contributed by atoms with van der Waals surface area (Å²) in [6.45, 7) is 2.93. The Hall–Kier alpha value is -3.68. The van der Waals surface area contributed by atoms with Gasteiger partial charge < -0.3 is 19.7 Å². The Morgan fingerprint density at radius 2 is 1.83 bits per heavy atom. The number of para-hydroxylation sites is 2. The minimum Gasteiger partial charge on any atom is -0.482 e. The molecule has 0 spiro atoms. The predicted octanol–water partition coefficient (Wildman–Crippen LogP) is 2.58. The van der Waals surface area contributed by atoms with Crippen molar-refractivity contribution in [1.82, 2.24) is 0 Å². The summed E-state index contributed by atoms with van der Waals surface area (Å²) >= 11 is 0. The van der Waals surface area contributed by atoms with Crippen molar-refractivity contribution >= 4 is 34.9 Å². The van der Waals surface area contributed by atoms with Gasteiger partial charge in [0.05, 0.1) is 12.1 Å². The molecule has 0 bridgehead atoms. The quantitative estimate of drug-likeness (QED) is 0.556. The highest BCUT2D eigenvalue weighted by Crippen LogP contribution is 2.31. The summed E-state index contributed by atoms with van der Waals surface area (Å²) in [5.41, 5.74) is 1.53. The summed E-state index contributed by atoms with van der Waals surface area (Å²) in [6.07, 6.45) is -1.03. The lowest BCUT2D eigenvalue weighted by Gasteiger charge is -2.29. The predicted molar refractivity (Wildman–Crippen MR) is 110 cm³/mol. The summed E-state index contributed by atoms with van der Waals surface area (Å²) in [5.74, 6) is -0.813. The molecule has 1 N–H and O–H groups in total. The second kappa shape index (κ2) is 9.21. The molecule has 0 saturated heterocycles. The number of amides is 2. The molecule has 1 heterocycles. The van der Waals surface area contributed by atoms with Crippen molar-refractivity contribution in [3.05, 3.63) is 54.1 Å². The number of carbonyl (C=O) groups excluding carboxylic acids is 4. The van der Waals surface area contributed by atoms with Gasteiger partial charge in [-0.15, -0.1) is 0 Å². The molecule has 8 nitrogen and oxygen atoms in total. The van der Waals surface area contributed by atoms with E-state index in [9.17, 15) is 19.2 Å². The Kier molecular flexibility index (Phi) is 6.46. The number of fused-ring (bicyclic) bond motifs is 1. The first kappa shape index (κ1) is 21.0. The fourth-order valence-electron chi connectivity index (χ4n) is 3.07. The van der Waals surface area contributed by atoms with Crippen LogP contribution in [-0.4, -0.2) is 42.8 Å². The largest absolute Gasteiger partial charge is 0.482 e. The van der Waals surface area contributed by atoms with Crippen molar-refractivity contribution < 1.29 is 28.7 Å². The lowest BCUT2D eigenvalue weighted by Crippen LogP contribution is -2.40. The smallest absolute Gasteiger partial charge is 0.308 e. The van der Waals surface area contributed by atoms with Gasteiger partial charge >= 0.3 is 5.97 Å². The van der Waals surface area contributed by atoms with E-state index >= 15 is 0 Å². The summed E-state index contributed by atoms with van der Waals surface area (Å²) in [4.78, 5) is 49.4. The molecule has 0 unspecified atom stereocenters. The van der Waals surface area contributed by atoms with E-state index in [0.717, 1.165) is 0 Å². The standard InChI is InChI=1S/C22H22N2O6/c1-14(22(28)16-7-9-17(10-8-16)23-15(2)25)30-21(27)11-12-24-18-5-3-4-6-19(18)29-13-20(24)26/h3-10,14H,11-13H2,1-2H3,(H,23,25)/t14-/m0/s1. The van der Waals surface area contributed by atoms with Crippen LogP contribution >= 0.6 is 0 Å². The summed E-state index contributed by atoms with van der Waals surface area (Å²) < 4.78 is 10.6. The maximum Gasteiger partial charge on any atom is 0.308 e. The molecule has 1 aliphatic heterocycles. The normalized spacial score (nSPS) is 13.7. The zero-order valence-electron chi connectivity index (χ0n) is 16.7. The topological polar surface area (TPSA) is 102 Å². The molecule has 0 fully saturated rings. The van der Waals surface area contributed by atoms with Crippen LogP contribution in [0, 0.1) is 0 Å². The maximum atomic E-state index is 12.5. The monoisotopic (exact) mass is 410 g/mol. The van der Waals surface area contributed by atoms with Crippen molar-refractivity contribution in [1.29, 1.82) is 0 Å². The van der Waals surface area contributed by atoms with Gasteiger partial charge in [0.2, 0.25) is 11.7 Å². The van der Waals surface area contributed by atoms with Crippen molar-refractivity contribution in [3.63, 3.8) is 0 Å². The molecular formula is C22H22N2O6. The number of hydrogen-bond donors (Lipinski definition) is 1. The number of rotatable bonds is 7. The van der Waals surface area contributed by atoms with Gasteiger partial charge in [-0.25, -0.2) is 0 Å². The second-order valence-corrected chi connectivity index (χ2v) is 6.81. The average molecular weight is 410 g/mol. The number of benzene rings is 2. The SMILES string of the molecule is CC(=O)Nc1ccc(C(=O)[C@H](C)OC(=O)CCN2C(=O)COc3ccccc32)cc1. The summed E-state index contributed by atoms with van der Waals surface area (Å²) in [5, 5.41) is 2.61. The first-order valence-electron chi connectivity index (χ1n) is 9.48. The van der Waals surface area contributed by atoms with E-state index in [-0.39, 0.29) is 37.2 Å². The Morgan fingerprint density at radius 1 is 1.13 bits per heavy atom. The van der Waals surface area contributed by atoms with Gasteiger partial charge in [0, 0.05) is 24.7 Å². The molecule has 0 aliphatic carbocycles. The minimum atomic E-state index is -0.975. The van der Waals surface area contributed by atoms with E-state index in [2.05, 4.69) is 5.32 Å². The molecule has 1 atom stereocenters. The van der Waals surface area contributed by atoms with Gasteiger partial charge in [0.25, 0.3) is 5.91 Å². The van der Waals surface area contributed by atoms with Crippen LogP contribution in [0.2, 0.25) is 0 Å². The van der Waals surface area contributed by atoms with Crippen LogP contribution in [0.1, 0.15) is 30.6 Å². The highest BCUT2D eigenvalue weighted by atomic mass is 16.5. The van der Waals surface area contributed by atoms with E-state index in [1.54, 1.807) is 48.5 Å². The van der Waals surface area contributed by atoms with Crippen LogP contribution in [0.4, 0.5) is 11.4 Å². The van der Waals surface area contributed by atoms with E-state index in [0.29, 0.717) is 22.7 Å². The number of ether oxygens (including phenoxy) is 2. The molecule has 30 heavy (non-hydrogen) atoms. The van der Waals surface area contributed by atoms with Gasteiger partial charge in [0.1, 0.15) is 5.75 Å². The van der Waals surface area contributed by atoms with Gasteiger partial charge in [-0.1, -0.05) is 12.1 Å². The van der Waals surface area contributed by atoms with E-state index in [1.807, 2.05) is 0 Å². The van der Waals surface area contributed by atoms with Crippen LogP contribution in [-0.2, 0) is 19.1 Å². The molecule has 3 rings (SSSR count). The lowest BCUT2D eigenvalue weighted by atomic mass is 10.1. The first-order valence-corrected chi connectivity index (χ1v) is 9.48. The van der Waals surface area contributed by atoms with E-state index in [1.165, 1.54) is 18.7 Å². The number of hydrogen-bond acceptors (Lipinski definition) is 6. The van der Waals surface area contributed by atoms with Gasteiger partial charge in [0.15, 0.2) is 12.7 Å². The Labute approximate surface area is 173 Å². The Morgan fingerprint density at radius 3 is 2.53 bits per heavy atom. The Bertz CT molecular complexity index is 970. The van der Waals surface area contributed by atoms with Crippen molar-refractivity contribution in [2.75, 3.05) is 23.4 Å². The number of esters is 1. The van der Waals surface area contributed by atoms with Crippen LogP contribution in [0.15, 0.2) is 48.5 Å². The average Bonchev–Trinajstić information content (AvgIpc) is 2.72. The molecule has 0 radical (unpaired) electrons. The molecule has 8 heteroatoms. The summed E-state index contributed by atoms with van der Waals surface area (Å²) in [6, 6.07) is 13.4. The number of ketones is 1. The molecule has 0 aromatic heterocycles. The van der Waals surface area contributed by atoms with E-state index < -0.39 is 12.1 Å². The highest BCUT2D eigenvalue weighted by molar-refractivity contribution is 6.01. The van der Waals surface area contributed by atoms with Crippen LogP contribution < -0.4 is 15.0 Å². The fourth-order valence-corrected chi connectivity index (χ4v) is 3.07. The van der Waals surface area contributed by atoms with Gasteiger partial charge in [-0.3, -0.25) is 19.2 Å². The van der Waals surface area contributed by atoms with Crippen molar-refractivity contribution in [2.45, 2.75) is 26.4 Å². The minimum absolute atomic E-state index is 0.0564. The molecule has 1 aliphatic rings. The van der Waals surface area contributed by atoms with Crippen LogP contribution in [0.25, 0.3) is 0 Å². The maximum absolute atomic E-state index is 12.5. The Balaban J connectivity index is 1.55. The third-order valence-electron chi connectivity index (χ3n) is 4.52. The lowest BCUT2D eigenvalue weighted by molar-refractivity contribution is -0.146. The number of nitrogens with one attached hydrogen (secondary N) is 1. The van der Waals surface area contributed by atoms with Gasteiger partial charge in [-0.05, 0) is 43.3 Å². The van der Waals surface area contributed by atoms with Crippen LogP contribution in [0.3, 0.4) is 0 Å². The molecule has 2 aromatic rings. The number of carbonyl (C=O) groups is 4.